The molecule has 0 saturated carbocycles. The molecule has 0 spiro atoms. The fourth-order valence-electron chi connectivity index (χ4n) is 2.46. The minimum absolute atomic E-state index is 0.0338. The first kappa shape index (κ1) is 16.4. The number of anilines is 1. The highest BCUT2D eigenvalue weighted by Crippen LogP contribution is 2.20. The molecule has 0 bridgehead atoms. The average molecular weight is 340 g/mol. The zero-order valence-electron chi connectivity index (χ0n) is 13.5. The Hall–Kier alpha value is -3.42. The van der Waals surface area contributed by atoms with Crippen LogP contribution in [0.25, 0.3) is 11.0 Å². The minimum Gasteiger partial charge on any atom is -0.484 e. The number of nitro benzene ring substituents is 1. The Bertz CT molecular complexity index is 918. The van der Waals surface area contributed by atoms with Gasteiger partial charge in [-0.2, -0.15) is 0 Å². The first-order chi connectivity index (χ1) is 12.1. The number of fused-ring (bicyclic) bond motifs is 1. The van der Waals surface area contributed by atoms with Gasteiger partial charge in [-0.05, 0) is 31.2 Å². The van der Waals surface area contributed by atoms with Crippen molar-refractivity contribution in [3.05, 3.63) is 58.6 Å². The van der Waals surface area contributed by atoms with Crippen molar-refractivity contribution in [1.82, 2.24) is 9.55 Å². The molecule has 0 fully saturated rings. The van der Waals surface area contributed by atoms with Crippen LogP contribution in [0.1, 0.15) is 6.92 Å². The topological polar surface area (TPSA) is 99.3 Å². The van der Waals surface area contributed by atoms with Crippen LogP contribution >= 0.6 is 0 Å². The van der Waals surface area contributed by atoms with Crippen LogP contribution in [0, 0.1) is 10.1 Å². The number of amides is 1. The monoisotopic (exact) mass is 340 g/mol. The number of ether oxygens (including phenoxy) is 1. The number of non-ortho nitro benzene ring substituents is 1. The van der Waals surface area contributed by atoms with Crippen molar-refractivity contribution in [2.45, 2.75) is 13.5 Å². The van der Waals surface area contributed by atoms with E-state index >= 15 is 0 Å². The lowest BCUT2D eigenvalue weighted by Gasteiger charge is -2.08. The maximum atomic E-state index is 12.1. The summed E-state index contributed by atoms with van der Waals surface area (Å²) in [5.74, 6) is 0.481. The molecule has 2 aromatic carbocycles. The van der Waals surface area contributed by atoms with Gasteiger partial charge in [-0.1, -0.05) is 12.1 Å². The molecule has 128 valence electrons. The van der Waals surface area contributed by atoms with Crippen LogP contribution in [-0.2, 0) is 11.3 Å². The van der Waals surface area contributed by atoms with Gasteiger partial charge in [0, 0.05) is 18.7 Å². The molecule has 25 heavy (non-hydrogen) atoms. The van der Waals surface area contributed by atoms with Crippen LogP contribution in [0.2, 0.25) is 0 Å². The largest absolute Gasteiger partial charge is 0.484 e. The van der Waals surface area contributed by atoms with E-state index in [0.29, 0.717) is 18.2 Å². The maximum Gasteiger partial charge on any atom is 0.269 e. The van der Waals surface area contributed by atoms with Gasteiger partial charge in [-0.25, -0.2) is 4.98 Å². The highest BCUT2D eigenvalue weighted by atomic mass is 16.6. The Labute approximate surface area is 143 Å². The third-order valence-corrected chi connectivity index (χ3v) is 3.64. The van der Waals surface area contributed by atoms with Gasteiger partial charge in [0.15, 0.2) is 6.61 Å². The van der Waals surface area contributed by atoms with Gasteiger partial charge < -0.3 is 9.30 Å². The van der Waals surface area contributed by atoms with Gasteiger partial charge in [-0.3, -0.25) is 20.2 Å². The molecule has 1 amide bonds. The normalized spacial score (nSPS) is 10.6. The van der Waals surface area contributed by atoms with Crippen LogP contribution in [0.3, 0.4) is 0 Å². The zero-order valence-corrected chi connectivity index (χ0v) is 13.5. The second-order valence-electron chi connectivity index (χ2n) is 5.26. The Morgan fingerprint density at radius 3 is 2.64 bits per heavy atom. The number of nitrogens with zero attached hydrogens (tertiary/aromatic N) is 3. The van der Waals surface area contributed by atoms with Crippen molar-refractivity contribution in [3.63, 3.8) is 0 Å². The smallest absolute Gasteiger partial charge is 0.269 e. The number of carbonyl (C=O) groups is 1. The van der Waals surface area contributed by atoms with E-state index in [-0.39, 0.29) is 18.2 Å². The molecule has 0 atom stereocenters. The minimum atomic E-state index is -0.494. The molecule has 1 heterocycles. The number of hydrogen-bond acceptors (Lipinski definition) is 5. The van der Waals surface area contributed by atoms with Gasteiger partial charge in [0.25, 0.3) is 11.6 Å². The summed E-state index contributed by atoms with van der Waals surface area (Å²) in [4.78, 5) is 26.6. The lowest BCUT2D eigenvalue weighted by Crippen LogP contribution is -2.22. The number of para-hydroxylation sites is 2. The zero-order chi connectivity index (χ0) is 17.8. The van der Waals surface area contributed by atoms with Crippen molar-refractivity contribution < 1.29 is 14.5 Å². The predicted molar refractivity (Wildman–Crippen MR) is 92.6 cm³/mol. The Morgan fingerprint density at radius 2 is 1.96 bits per heavy atom. The number of aromatic nitrogens is 2. The molecule has 8 heteroatoms. The van der Waals surface area contributed by atoms with Crippen molar-refractivity contribution in [3.8, 4) is 5.75 Å². The van der Waals surface area contributed by atoms with Crippen molar-refractivity contribution in [2.24, 2.45) is 0 Å². The molecule has 0 aliphatic carbocycles. The number of rotatable bonds is 6. The second-order valence-corrected chi connectivity index (χ2v) is 5.26. The molecule has 1 N–H and O–H groups in total. The standard InChI is InChI=1S/C17H16N4O4/c1-2-20-15-6-4-3-5-14(15)18-17(20)19-16(22)11-25-13-9-7-12(8-10-13)21(23)24/h3-10H,2,11H2,1H3,(H,18,19,22). The first-order valence-corrected chi connectivity index (χ1v) is 7.71. The van der Waals surface area contributed by atoms with E-state index in [2.05, 4.69) is 10.3 Å². The summed E-state index contributed by atoms with van der Waals surface area (Å²) in [6, 6.07) is 13.2. The van der Waals surface area contributed by atoms with Crippen molar-refractivity contribution >= 4 is 28.6 Å². The SMILES string of the molecule is CCn1c(NC(=O)COc2ccc([N+](=O)[O-])cc2)nc2ccccc21. The molecule has 0 aliphatic rings. The molecular formula is C17H16N4O4. The summed E-state index contributed by atoms with van der Waals surface area (Å²) in [7, 11) is 0. The number of nitro groups is 1. The fraction of sp³-hybridized carbons (Fsp3) is 0.176. The van der Waals surface area contributed by atoms with E-state index in [1.807, 2.05) is 35.8 Å². The van der Waals surface area contributed by atoms with E-state index in [9.17, 15) is 14.9 Å². The molecule has 1 aromatic heterocycles. The third-order valence-electron chi connectivity index (χ3n) is 3.64. The molecule has 0 radical (unpaired) electrons. The Kier molecular flexibility index (Phi) is 4.60. The molecule has 0 unspecified atom stereocenters. The maximum absolute atomic E-state index is 12.1. The number of carbonyl (C=O) groups excluding carboxylic acids is 1. The van der Waals surface area contributed by atoms with Gasteiger partial charge in [0.05, 0.1) is 16.0 Å². The summed E-state index contributed by atoms with van der Waals surface area (Å²) in [5, 5.41) is 13.3. The van der Waals surface area contributed by atoms with Gasteiger partial charge in [-0.15, -0.1) is 0 Å². The molecule has 3 aromatic rings. The van der Waals surface area contributed by atoms with E-state index in [1.54, 1.807) is 0 Å². The van der Waals surface area contributed by atoms with Crippen LogP contribution in [-0.4, -0.2) is 27.0 Å². The number of imidazole rings is 1. The van der Waals surface area contributed by atoms with E-state index in [0.717, 1.165) is 11.0 Å². The van der Waals surface area contributed by atoms with Crippen LogP contribution < -0.4 is 10.1 Å². The molecule has 0 saturated heterocycles. The molecular weight excluding hydrogens is 324 g/mol. The number of benzene rings is 2. The second kappa shape index (κ2) is 7.00. The Balaban J connectivity index is 1.65. The lowest BCUT2D eigenvalue weighted by atomic mass is 10.3. The number of nitrogens with one attached hydrogen (secondary N) is 1. The van der Waals surface area contributed by atoms with Gasteiger partial charge in [0.2, 0.25) is 5.95 Å². The van der Waals surface area contributed by atoms with Crippen LogP contribution in [0.4, 0.5) is 11.6 Å². The van der Waals surface area contributed by atoms with Crippen LogP contribution in [0.5, 0.6) is 5.75 Å². The van der Waals surface area contributed by atoms with E-state index < -0.39 is 4.92 Å². The highest BCUT2D eigenvalue weighted by molar-refractivity contribution is 5.92. The summed E-state index contributed by atoms with van der Waals surface area (Å²) < 4.78 is 7.25. The predicted octanol–water partition coefficient (Wildman–Crippen LogP) is 2.98. The Morgan fingerprint density at radius 1 is 1.24 bits per heavy atom. The highest BCUT2D eigenvalue weighted by Gasteiger charge is 2.12. The number of hydrogen-bond donors (Lipinski definition) is 1. The first-order valence-electron chi connectivity index (χ1n) is 7.71. The van der Waals surface area contributed by atoms with Gasteiger partial charge in [0.1, 0.15) is 5.75 Å². The van der Waals surface area contributed by atoms with E-state index in [1.165, 1.54) is 24.3 Å². The van der Waals surface area contributed by atoms with E-state index in [4.69, 9.17) is 4.74 Å². The lowest BCUT2D eigenvalue weighted by molar-refractivity contribution is -0.384. The quantitative estimate of drug-likeness (QED) is 0.549. The number of aryl methyl sites for hydroxylation is 1. The van der Waals surface area contributed by atoms with Gasteiger partial charge >= 0.3 is 0 Å². The molecule has 0 aliphatic heterocycles. The molecule has 3 rings (SSSR count). The summed E-state index contributed by atoms with van der Waals surface area (Å²) >= 11 is 0. The third kappa shape index (κ3) is 3.57. The summed E-state index contributed by atoms with van der Waals surface area (Å²) in [6.07, 6.45) is 0. The molecule has 8 nitrogen and oxygen atoms in total. The summed E-state index contributed by atoms with van der Waals surface area (Å²) in [5.41, 5.74) is 1.71. The van der Waals surface area contributed by atoms with Crippen LogP contribution in [0.15, 0.2) is 48.5 Å². The average Bonchev–Trinajstić information content (AvgIpc) is 2.97. The van der Waals surface area contributed by atoms with Crippen molar-refractivity contribution in [2.75, 3.05) is 11.9 Å². The summed E-state index contributed by atoms with van der Waals surface area (Å²) in [6.45, 7) is 2.42. The van der Waals surface area contributed by atoms with Crippen molar-refractivity contribution in [1.29, 1.82) is 0 Å². The fourth-order valence-corrected chi connectivity index (χ4v) is 2.46.